The molecule has 0 amide bonds. The Kier molecular flexibility index (Phi) is 4.06. The second-order valence-corrected chi connectivity index (χ2v) is 4.40. The van der Waals surface area contributed by atoms with Crippen molar-refractivity contribution < 1.29 is 17.6 Å². The van der Waals surface area contributed by atoms with Gasteiger partial charge in [0.25, 0.3) is 0 Å². The molecule has 2 aromatic rings. The SMILES string of the molecule is Cc1ccc(F)cc1C(NN)c1cc(F)c(F)c(F)c1. The lowest BCUT2D eigenvalue weighted by atomic mass is 9.95. The normalized spacial score (nSPS) is 12.5. The number of benzene rings is 2. The maximum absolute atomic E-state index is 13.3. The van der Waals surface area contributed by atoms with Gasteiger partial charge in [-0.15, -0.1) is 0 Å². The van der Waals surface area contributed by atoms with Crippen molar-refractivity contribution >= 4 is 0 Å². The van der Waals surface area contributed by atoms with Crippen molar-refractivity contribution in [3.8, 4) is 0 Å². The Bertz CT molecular complexity index is 620. The quantitative estimate of drug-likeness (QED) is 0.393. The van der Waals surface area contributed by atoms with Crippen LogP contribution in [0.5, 0.6) is 0 Å². The van der Waals surface area contributed by atoms with Gasteiger partial charge in [0.2, 0.25) is 0 Å². The Morgan fingerprint density at radius 1 is 1.00 bits per heavy atom. The Balaban J connectivity index is 2.55. The average molecular weight is 284 g/mol. The summed E-state index contributed by atoms with van der Waals surface area (Å²) in [6.45, 7) is 1.70. The lowest BCUT2D eigenvalue weighted by molar-refractivity contribution is 0.442. The molecule has 1 atom stereocenters. The summed E-state index contributed by atoms with van der Waals surface area (Å²) < 4.78 is 52.8. The smallest absolute Gasteiger partial charge is 0.194 e. The van der Waals surface area contributed by atoms with E-state index in [1.54, 1.807) is 6.92 Å². The minimum absolute atomic E-state index is 0.0672. The molecule has 0 heterocycles. The standard InChI is InChI=1S/C14H12F4N2/c1-7-2-3-9(15)6-10(7)14(20-19)8-4-11(16)13(18)12(17)5-8/h2-6,14,20H,19H2,1H3. The zero-order chi connectivity index (χ0) is 14.9. The zero-order valence-electron chi connectivity index (χ0n) is 10.6. The second kappa shape index (κ2) is 5.60. The lowest BCUT2D eigenvalue weighted by Gasteiger charge is -2.19. The van der Waals surface area contributed by atoms with Crippen LogP contribution in [0.25, 0.3) is 0 Å². The van der Waals surface area contributed by atoms with Crippen LogP contribution >= 0.6 is 0 Å². The Labute approximate surface area is 113 Å². The third kappa shape index (κ3) is 2.66. The van der Waals surface area contributed by atoms with E-state index in [9.17, 15) is 17.6 Å². The van der Waals surface area contributed by atoms with Crippen LogP contribution in [-0.2, 0) is 0 Å². The van der Waals surface area contributed by atoms with Crippen LogP contribution in [0, 0.1) is 30.2 Å². The summed E-state index contributed by atoms with van der Waals surface area (Å²) in [5, 5.41) is 0. The summed E-state index contributed by atoms with van der Waals surface area (Å²) in [4.78, 5) is 0. The number of hydrogen-bond acceptors (Lipinski definition) is 2. The summed E-state index contributed by atoms with van der Waals surface area (Å²) in [6.07, 6.45) is 0. The molecule has 0 saturated heterocycles. The average Bonchev–Trinajstić information content (AvgIpc) is 2.40. The predicted octanol–water partition coefficient (Wildman–Crippen LogP) is 3.10. The molecule has 0 radical (unpaired) electrons. The molecule has 0 fully saturated rings. The molecule has 2 aromatic carbocycles. The van der Waals surface area contributed by atoms with Gasteiger partial charge in [0.1, 0.15) is 5.82 Å². The molecule has 20 heavy (non-hydrogen) atoms. The molecular formula is C14H12F4N2. The summed E-state index contributed by atoms with van der Waals surface area (Å²) in [5.74, 6) is 0.673. The van der Waals surface area contributed by atoms with E-state index in [4.69, 9.17) is 5.84 Å². The van der Waals surface area contributed by atoms with E-state index < -0.39 is 29.3 Å². The van der Waals surface area contributed by atoms with Crippen molar-refractivity contribution in [2.45, 2.75) is 13.0 Å². The van der Waals surface area contributed by atoms with Crippen LogP contribution in [0.2, 0.25) is 0 Å². The fraction of sp³-hybridized carbons (Fsp3) is 0.143. The first kappa shape index (κ1) is 14.5. The van der Waals surface area contributed by atoms with Crippen LogP contribution in [0.15, 0.2) is 30.3 Å². The van der Waals surface area contributed by atoms with Gasteiger partial charge in [0.05, 0.1) is 6.04 Å². The van der Waals surface area contributed by atoms with Crippen molar-refractivity contribution in [3.63, 3.8) is 0 Å². The van der Waals surface area contributed by atoms with Crippen molar-refractivity contribution in [2.75, 3.05) is 0 Å². The molecule has 0 aliphatic rings. The molecule has 0 spiro atoms. The molecular weight excluding hydrogens is 272 g/mol. The fourth-order valence-corrected chi connectivity index (χ4v) is 2.03. The molecule has 0 aromatic heterocycles. The van der Waals surface area contributed by atoms with Crippen molar-refractivity contribution in [2.24, 2.45) is 5.84 Å². The topological polar surface area (TPSA) is 38.0 Å². The second-order valence-electron chi connectivity index (χ2n) is 4.40. The molecule has 0 bridgehead atoms. The highest BCUT2D eigenvalue weighted by atomic mass is 19.2. The fourth-order valence-electron chi connectivity index (χ4n) is 2.03. The van der Waals surface area contributed by atoms with E-state index in [-0.39, 0.29) is 5.56 Å². The van der Waals surface area contributed by atoms with E-state index in [1.807, 2.05) is 0 Å². The number of rotatable bonds is 3. The molecule has 0 aliphatic carbocycles. The molecule has 6 heteroatoms. The molecule has 0 aliphatic heterocycles. The van der Waals surface area contributed by atoms with Gasteiger partial charge in [-0.1, -0.05) is 6.07 Å². The monoisotopic (exact) mass is 284 g/mol. The molecule has 1 unspecified atom stereocenters. The van der Waals surface area contributed by atoms with Gasteiger partial charge in [-0.05, 0) is 47.9 Å². The van der Waals surface area contributed by atoms with Crippen LogP contribution in [-0.4, -0.2) is 0 Å². The van der Waals surface area contributed by atoms with E-state index in [1.165, 1.54) is 18.2 Å². The molecule has 2 nitrogen and oxygen atoms in total. The molecule has 3 N–H and O–H groups in total. The maximum atomic E-state index is 13.3. The highest BCUT2D eigenvalue weighted by molar-refractivity contribution is 5.37. The minimum Gasteiger partial charge on any atom is -0.271 e. The first-order valence-electron chi connectivity index (χ1n) is 5.80. The number of nitrogens with one attached hydrogen (secondary N) is 1. The number of halogens is 4. The van der Waals surface area contributed by atoms with Crippen molar-refractivity contribution in [3.05, 3.63) is 70.3 Å². The van der Waals surface area contributed by atoms with Crippen LogP contribution in [0.3, 0.4) is 0 Å². The number of hydrazine groups is 1. The maximum Gasteiger partial charge on any atom is 0.194 e. The van der Waals surface area contributed by atoms with E-state index in [0.717, 1.165) is 12.1 Å². The van der Waals surface area contributed by atoms with Gasteiger partial charge in [-0.2, -0.15) is 0 Å². The highest BCUT2D eigenvalue weighted by Crippen LogP contribution is 2.27. The van der Waals surface area contributed by atoms with Crippen LogP contribution < -0.4 is 11.3 Å². The largest absolute Gasteiger partial charge is 0.271 e. The number of hydrogen-bond donors (Lipinski definition) is 2. The zero-order valence-corrected chi connectivity index (χ0v) is 10.6. The number of nitrogens with two attached hydrogens (primary N) is 1. The Hall–Kier alpha value is -1.92. The van der Waals surface area contributed by atoms with Gasteiger partial charge < -0.3 is 0 Å². The minimum atomic E-state index is -1.56. The van der Waals surface area contributed by atoms with E-state index in [2.05, 4.69) is 5.43 Å². The van der Waals surface area contributed by atoms with Gasteiger partial charge in [0, 0.05) is 0 Å². The first-order chi connectivity index (χ1) is 9.43. The Morgan fingerprint density at radius 3 is 2.15 bits per heavy atom. The van der Waals surface area contributed by atoms with E-state index in [0.29, 0.717) is 11.1 Å². The van der Waals surface area contributed by atoms with Gasteiger partial charge in [0.15, 0.2) is 17.5 Å². The summed E-state index contributed by atoms with van der Waals surface area (Å²) in [5.41, 5.74) is 3.52. The Morgan fingerprint density at radius 2 is 1.60 bits per heavy atom. The first-order valence-corrected chi connectivity index (χ1v) is 5.80. The lowest BCUT2D eigenvalue weighted by Crippen LogP contribution is -2.29. The molecule has 106 valence electrons. The van der Waals surface area contributed by atoms with Gasteiger partial charge >= 0.3 is 0 Å². The van der Waals surface area contributed by atoms with Crippen molar-refractivity contribution in [1.29, 1.82) is 0 Å². The molecule has 0 saturated carbocycles. The third-order valence-corrected chi connectivity index (χ3v) is 3.06. The third-order valence-electron chi connectivity index (χ3n) is 3.06. The van der Waals surface area contributed by atoms with Crippen LogP contribution in [0.4, 0.5) is 17.6 Å². The summed E-state index contributed by atoms with van der Waals surface area (Å²) >= 11 is 0. The summed E-state index contributed by atoms with van der Waals surface area (Å²) in [6, 6.07) is 4.79. The summed E-state index contributed by atoms with van der Waals surface area (Å²) in [7, 11) is 0. The predicted molar refractivity (Wildman–Crippen MR) is 66.6 cm³/mol. The van der Waals surface area contributed by atoms with Crippen LogP contribution in [0.1, 0.15) is 22.7 Å². The van der Waals surface area contributed by atoms with Gasteiger partial charge in [-0.25, -0.2) is 23.0 Å². The highest BCUT2D eigenvalue weighted by Gasteiger charge is 2.19. The molecule has 2 rings (SSSR count). The van der Waals surface area contributed by atoms with E-state index >= 15 is 0 Å². The number of aryl methyl sites for hydroxylation is 1. The van der Waals surface area contributed by atoms with Crippen molar-refractivity contribution in [1.82, 2.24) is 5.43 Å². The van der Waals surface area contributed by atoms with Gasteiger partial charge in [-0.3, -0.25) is 5.84 Å².